The van der Waals surface area contributed by atoms with Crippen LogP contribution in [0.4, 0.5) is 0 Å². The zero-order valence-corrected chi connectivity index (χ0v) is 12.5. The predicted octanol–water partition coefficient (Wildman–Crippen LogP) is 0.639. The molecule has 0 heterocycles. The monoisotopic (exact) mass is 317 g/mol. The van der Waals surface area contributed by atoms with E-state index in [-0.39, 0.29) is 18.5 Å². The normalized spacial score (nSPS) is 20.0. The Morgan fingerprint density at radius 3 is 2.38 bits per heavy atom. The summed E-state index contributed by atoms with van der Waals surface area (Å²) in [4.78, 5) is 31.1. The van der Waals surface area contributed by atoms with Crippen LogP contribution in [-0.4, -0.2) is 52.1 Å². The molecule has 0 bridgehead atoms. The average molecular weight is 317 g/mol. The summed E-state index contributed by atoms with van der Waals surface area (Å²) in [7, 11) is 0. The molecule has 1 rings (SSSR count). The first-order valence-corrected chi connectivity index (χ1v) is 6.74. The maximum Gasteiger partial charge on any atom is 0.331 e. The molecule has 0 saturated carbocycles. The highest BCUT2D eigenvalue weighted by Gasteiger charge is 2.34. The van der Waals surface area contributed by atoms with Gasteiger partial charge in [-0.3, -0.25) is 9.59 Å². The molecule has 0 aromatic heterocycles. The van der Waals surface area contributed by atoms with E-state index in [9.17, 15) is 14.4 Å². The van der Waals surface area contributed by atoms with Gasteiger partial charge < -0.3 is 20.6 Å². The first-order valence-electron chi connectivity index (χ1n) is 6.11. The maximum absolute atomic E-state index is 10.8. The van der Waals surface area contributed by atoms with Crippen LogP contribution in [0.15, 0.2) is 23.8 Å². The van der Waals surface area contributed by atoms with Crippen molar-refractivity contribution in [1.82, 2.24) is 5.32 Å². The van der Waals surface area contributed by atoms with Gasteiger partial charge in [-0.15, -0.1) is 0 Å². The van der Waals surface area contributed by atoms with E-state index in [0.717, 1.165) is 0 Å². The van der Waals surface area contributed by atoms with Crippen molar-refractivity contribution in [3.8, 4) is 0 Å². The number of carboxylic acids is 3. The number of thiol groups is 1. The van der Waals surface area contributed by atoms with Gasteiger partial charge in [-0.1, -0.05) is 18.2 Å². The Kier molecular flexibility index (Phi) is 8.41. The van der Waals surface area contributed by atoms with E-state index in [4.69, 9.17) is 15.3 Å². The second kappa shape index (κ2) is 9.19. The standard InChI is InChI=1S/C9H10O4.C4H9NO2S/c1-9(8(12)13)4-2-3-6(5-9)7(10)11;6-4(7)3-5-1-2-8/h2-4H,5H2,1H3,(H,10,11)(H,12,13);5,8H,1-3H2,(H,6,7). The molecule has 0 aromatic carbocycles. The molecule has 0 aliphatic heterocycles. The van der Waals surface area contributed by atoms with E-state index in [1.54, 1.807) is 0 Å². The lowest BCUT2D eigenvalue weighted by Crippen LogP contribution is -2.28. The quantitative estimate of drug-likeness (QED) is 0.360. The van der Waals surface area contributed by atoms with Crippen LogP contribution in [-0.2, 0) is 14.4 Å². The summed E-state index contributed by atoms with van der Waals surface area (Å²) in [6, 6.07) is 0. The topological polar surface area (TPSA) is 124 Å². The lowest BCUT2D eigenvalue weighted by molar-refractivity contribution is -0.145. The largest absolute Gasteiger partial charge is 0.481 e. The highest BCUT2D eigenvalue weighted by Crippen LogP contribution is 2.31. The SMILES string of the molecule is CC1(C(=O)O)C=CC=C(C(=O)O)C1.O=C(O)CNCCS. The van der Waals surface area contributed by atoms with Gasteiger partial charge in [0.15, 0.2) is 0 Å². The van der Waals surface area contributed by atoms with Crippen LogP contribution in [0.1, 0.15) is 13.3 Å². The molecule has 1 aliphatic carbocycles. The van der Waals surface area contributed by atoms with Crippen LogP contribution in [0.3, 0.4) is 0 Å². The summed E-state index contributed by atoms with van der Waals surface area (Å²) in [5, 5.41) is 28.2. The minimum atomic E-state index is -1.08. The van der Waals surface area contributed by atoms with E-state index in [1.807, 2.05) is 0 Å². The third kappa shape index (κ3) is 7.52. The van der Waals surface area contributed by atoms with Gasteiger partial charge in [-0.2, -0.15) is 12.6 Å². The Bertz CT molecular complexity index is 460. The fourth-order valence-corrected chi connectivity index (χ4v) is 1.62. The lowest BCUT2D eigenvalue weighted by Gasteiger charge is -2.23. The molecule has 1 atom stereocenters. The third-order valence-electron chi connectivity index (χ3n) is 2.65. The number of nitrogens with one attached hydrogen (secondary N) is 1. The van der Waals surface area contributed by atoms with Gasteiger partial charge in [-0.25, -0.2) is 4.79 Å². The van der Waals surface area contributed by atoms with Crippen molar-refractivity contribution in [2.24, 2.45) is 5.41 Å². The van der Waals surface area contributed by atoms with Gasteiger partial charge in [0.05, 0.1) is 12.0 Å². The molecule has 0 saturated heterocycles. The summed E-state index contributed by atoms with van der Waals surface area (Å²) < 4.78 is 0. The molecule has 0 spiro atoms. The fraction of sp³-hybridized carbons (Fsp3) is 0.462. The molecule has 0 aromatic rings. The van der Waals surface area contributed by atoms with E-state index < -0.39 is 23.3 Å². The van der Waals surface area contributed by atoms with E-state index >= 15 is 0 Å². The molecule has 21 heavy (non-hydrogen) atoms. The molecule has 0 radical (unpaired) electrons. The Balaban J connectivity index is 0.000000433. The van der Waals surface area contributed by atoms with Crippen LogP contribution in [0, 0.1) is 5.41 Å². The Labute approximate surface area is 127 Å². The van der Waals surface area contributed by atoms with Crippen molar-refractivity contribution in [2.75, 3.05) is 18.8 Å². The number of rotatable bonds is 6. The molecule has 0 fully saturated rings. The summed E-state index contributed by atoms with van der Waals surface area (Å²) in [6.45, 7) is 2.18. The van der Waals surface area contributed by atoms with Crippen molar-refractivity contribution >= 4 is 30.5 Å². The molecule has 7 nitrogen and oxygen atoms in total. The van der Waals surface area contributed by atoms with Gasteiger partial charge in [0.2, 0.25) is 0 Å². The Hall–Kier alpha value is -1.80. The summed E-state index contributed by atoms with van der Waals surface area (Å²) >= 11 is 3.87. The van der Waals surface area contributed by atoms with Crippen molar-refractivity contribution in [3.63, 3.8) is 0 Å². The van der Waals surface area contributed by atoms with Crippen LogP contribution in [0.25, 0.3) is 0 Å². The highest BCUT2D eigenvalue weighted by molar-refractivity contribution is 7.80. The van der Waals surface area contributed by atoms with Gasteiger partial charge in [0.1, 0.15) is 0 Å². The molecular formula is C13H19NO6S. The number of hydrogen-bond acceptors (Lipinski definition) is 5. The first-order chi connectivity index (χ1) is 9.73. The predicted molar refractivity (Wildman–Crippen MR) is 79.6 cm³/mol. The van der Waals surface area contributed by atoms with Gasteiger partial charge in [0, 0.05) is 17.9 Å². The second-order valence-corrected chi connectivity index (χ2v) is 5.00. The lowest BCUT2D eigenvalue weighted by atomic mass is 9.80. The second-order valence-electron chi connectivity index (χ2n) is 4.55. The van der Waals surface area contributed by atoms with Gasteiger partial charge in [0.25, 0.3) is 0 Å². The zero-order valence-electron chi connectivity index (χ0n) is 11.6. The van der Waals surface area contributed by atoms with Crippen molar-refractivity contribution in [1.29, 1.82) is 0 Å². The van der Waals surface area contributed by atoms with Crippen molar-refractivity contribution in [3.05, 3.63) is 23.8 Å². The fourth-order valence-electron chi connectivity index (χ4n) is 1.46. The van der Waals surface area contributed by atoms with Crippen LogP contribution >= 0.6 is 12.6 Å². The molecule has 0 amide bonds. The highest BCUT2D eigenvalue weighted by atomic mass is 32.1. The minimum Gasteiger partial charge on any atom is -0.481 e. The molecule has 1 aliphatic rings. The van der Waals surface area contributed by atoms with Crippen molar-refractivity contribution < 1.29 is 29.7 Å². The summed E-state index contributed by atoms with van der Waals surface area (Å²) in [6.07, 6.45) is 4.43. The number of carbonyl (C=O) groups is 3. The molecule has 118 valence electrons. The molecular weight excluding hydrogens is 298 g/mol. The van der Waals surface area contributed by atoms with Crippen LogP contribution in [0.2, 0.25) is 0 Å². The molecule has 4 N–H and O–H groups in total. The summed E-state index contributed by atoms with van der Waals surface area (Å²) in [5.74, 6) is -2.22. The van der Waals surface area contributed by atoms with Gasteiger partial charge in [-0.05, 0) is 13.3 Å². The average Bonchev–Trinajstić information content (AvgIpc) is 2.39. The number of allylic oxidation sites excluding steroid dienone is 2. The van der Waals surface area contributed by atoms with E-state index in [1.165, 1.54) is 25.2 Å². The number of carboxylic acid groups (broad SMARTS) is 3. The molecule has 1 unspecified atom stereocenters. The van der Waals surface area contributed by atoms with Crippen LogP contribution < -0.4 is 5.32 Å². The zero-order chi connectivity index (χ0) is 16.5. The van der Waals surface area contributed by atoms with E-state index in [2.05, 4.69) is 17.9 Å². The number of aliphatic carboxylic acids is 3. The molecule has 8 heteroatoms. The third-order valence-corrected chi connectivity index (χ3v) is 2.87. The first kappa shape index (κ1) is 19.2. The summed E-state index contributed by atoms with van der Waals surface area (Å²) in [5.41, 5.74) is -0.949. The maximum atomic E-state index is 10.8. The van der Waals surface area contributed by atoms with Crippen molar-refractivity contribution in [2.45, 2.75) is 13.3 Å². The Morgan fingerprint density at radius 1 is 1.33 bits per heavy atom. The van der Waals surface area contributed by atoms with E-state index in [0.29, 0.717) is 12.3 Å². The Morgan fingerprint density at radius 2 is 1.95 bits per heavy atom. The number of hydrogen-bond donors (Lipinski definition) is 5. The minimum absolute atomic E-state index is 0.0283. The van der Waals surface area contributed by atoms with Gasteiger partial charge >= 0.3 is 17.9 Å². The van der Waals surface area contributed by atoms with Crippen LogP contribution in [0.5, 0.6) is 0 Å². The smallest absolute Gasteiger partial charge is 0.331 e.